The maximum atomic E-state index is 13.9. The summed E-state index contributed by atoms with van der Waals surface area (Å²) >= 11 is 0. The molecule has 0 bridgehead atoms. The topological polar surface area (TPSA) is 83.4 Å². The van der Waals surface area contributed by atoms with E-state index in [2.05, 4.69) is 24.5 Å². The van der Waals surface area contributed by atoms with Crippen molar-refractivity contribution in [2.45, 2.75) is 77.9 Å². The van der Waals surface area contributed by atoms with Gasteiger partial charge in [0.2, 0.25) is 11.8 Å². The minimum Gasteiger partial charge on any atom is -0.351 e. The van der Waals surface area contributed by atoms with Crippen molar-refractivity contribution in [3.63, 3.8) is 0 Å². The maximum Gasteiger partial charge on any atom is 0.273 e. The number of rotatable bonds is 6. The highest BCUT2D eigenvalue weighted by Crippen LogP contribution is 2.39. The fourth-order valence-electron chi connectivity index (χ4n) is 5.08. The molecule has 1 aliphatic heterocycles. The standard InChI is InChI=1S/C25H34N4O3/c1-16(2)13-14-29-23(31)22-21(26-17(3)30)19-11-7-8-12-20(19)28(22)15-25(29,4)24(32)27-18-9-5-6-10-18/h7-8,11-12,16,18H,5-6,9-10,13-15H2,1-4H3,(H,26,30)(H,27,32). The first kappa shape index (κ1) is 22.4. The van der Waals surface area contributed by atoms with Crippen LogP contribution in [0.1, 0.15) is 70.3 Å². The SMILES string of the molecule is CC(=O)Nc1c2n(c3ccccc13)CC(C)(C(=O)NC1CCCC1)N(CCC(C)C)C2=O. The van der Waals surface area contributed by atoms with Crippen molar-refractivity contribution in [1.82, 2.24) is 14.8 Å². The first-order valence-corrected chi connectivity index (χ1v) is 11.7. The first-order valence-electron chi connectivity index (χ1n) is 11.7. The van der Waals surface area contributed by atoms with E-state index in [1.165, 1.54) is 6.92 Å². The number of aromatic nitrogens is 1. The van der Waals surface area contributed by atoms with Gasteiger partial charge in [0.15, 0.2) is 0 Å². The van der Waals surface area contributed by atoms with Crippen LogP contribution in [0.25, 0.3) is 10.9 Å². The lowest BCUT2D eigenvalue weighted by Gasteiger charge is -2.45. The lowest BCUT2D eigenvalue weighted by molar-refractivity contribution is -0.133. The van der Waals surface area contributed by atoms with E-state index in [1.54, 1.807) is 4.90 Å². The molecule has 2 aliphatic rings. The van der Waals surface area contributed by atoms with Gasteiger partial charge in [-0.3, -0.25) is 14.4 Å². The van der Waals surface area contributed by atoms with Crippen LogP contribution in [0.4, 0.5) is 5.69 Å². The van der Waals surface area contributed by atoms with Crippen LogP contribution in [0.3, 0.4) is 0 Å². The van der Waals surface area contributed by atoms with Gasteiger partial charge in [-0.05, 0) is 38.2 Å². The molecule has 0 saturated heterocycles. The number of hydrogen-bond donors (Lipinski definition) is 2. The Morgan fingerprint density at radius 1 is 1.19 bits per heavy atom. The molecule has 3 amide bonds. The summed E-state index contributed by atoms with van der Waals surface area (Å²) in [6.07, 6.45) is 5.04. The van der Waals surface area contributed by atoms with Crippen LogP contribution in [0, 0.1) is 5.92 Å². The third-order valence-corrected chi connectivity index (χ3v) is 6.89. The summed E-state index contributed by atoms with van der Waals surface area (Å²) in [5.74, 6) is -0.127. The Labute approximate surface area is 189 Å². The van der Waals surface area contributed by atoms with Crippen molar-refractivity contribution in [3.05, 3.63) is 30.0 Å². The highest BCUT2D eigenvalue weighted by atomic mass is 16.2. The average molecular weight is 439 g/mol. The lowest BCUT2D eigenvalue weighted by Crippen LogP contribution is -2.65. The molecule has 1 fully saturated rings. The number of fused-ring (bicyclic) bond motifs is 3. The number of amides is 3. The predicted octanol–water partition coefficient (Wildman–Crippen LogP) is 3.92. The van der Waals surface area contributed by atoms with Crippen molar-refractivity contribution in [2.75, 3.05) is 11.9 Å². The number of nitrogens with one attached hydrogen (secondary N) is 2. The zero-order valence-electron chi connectivity index (χ0n) is 19.5. The van der Waals surface area contributed by atoms with Gasteiger partial charge in [0.1, 0.15) is 11.2 Å². The normalized spacial score (nSPS) is 21.3. The summed E-state index contributed by atoms with van der Waals surface area (Å²) in [7, 11) is 0. The number of anilines is 1. The van der Waals surface area contributed by atoms with Crippen LogP contribution in [0.5, 0.6) is 0 Å². The molecule has 1 aromatic heterocycles. The second-order valence-electron chi connectivity index (χ2n) is 9.88. The molecule has 1 saturated carbocycles. The van der Waals surface area contributed by atoms with Gasteiger partial charge in [0.05, 0.1) is 17.7 Å². The van der Waals surface area contributed by atoms with E-state index in [9.17, 15) is 14.4 Å². The first-order chi connectivity index (χ1) is 15.2. The number of nitrogens with zero attached hydrogens (tertiary/aromatic N) is 2. The highest BCUT2D eigenvalue weighted by Gasteiger charge is 2.49. The minimum absolute atomic E-state index is 0.0917. The van der Waals surface area contributed by atoms with Crippen molar-refractivity contribution in [1.29, 1.82) is 0 Å². The van der Waals surface area contributed by atoms with Gasteiger partial charge in [-0.2, -0.15) is 0 Å². The maximum absolute atomic E-state index is 13.9. The second-order valence-corrected chi connectivity index (χ2v) is 9.88. The molecule has 0 spiro atoms. The van der Waals surface area contributed by atoms with Crippen LogP contribution in [-0.2, 0) is 16.1 Å². The number of carbonyl (C=O) groups excluding carboxylic acids is 3. The van der Waals surface area contributed by atoms with Gasteiger partial charge in [-0.15, -0.1) is 0 Å². The smallest absolute Gasteiger partial charge is 0.273 e. The minimum atomic E-state index is -1.00. The number of hydrogen-bond acceptors (Lipinski definition) is 3. The molecule has 32 heavy (non-hydrogen) atoms. The molecule has 1 atom stereocenters. The number of carbonyl (C=O) groups is 3. The molecule has 172 valence electrons. The van der Waals surface area contributed by atoms with Gasteiger partial charge >= 0.3 is 0 Å². The fourth-order valence-corrected chi connectivity index (χ4v) is 5.08. The van der Waals surface area contributed by atoms with Gasteiger partial charge < -0.3 is 20.1 Å². The Balaban J connectivity index is 1.81. The van der Waals surface area contributed by atoms with E-state index >= 15 is 0 Å². The summed E-state index contributed by atoms with van der Waals surface area (Å²) in [6.45, 7) is 8.40. The molecule has 7 heteroatoms. The van der Waals surface area contributed by atoms with E-state index in [4.69, 9.17) is 0 Å². The zero-order chi connectivity index (χ0) is 23.0. The summed E-state index contributed by atoms with van der Waals surface area (Å²) in [4.78, 5) is 41.2. The predicted molar refractivity (Wildman–Crippen MR) is 126 cm³/mol. The Morgan fingerprint density at radius 3 is 2.53 bits per heavy atom. The van der Waals surface area contributed by atoms with Crippen LogP contribution < -0.4 is 10.6 Å². The number of para-hydroxylation sites is 1. The van der Waals surface area contributed by atoms with Crippen LogP contribution >= 0.6 is 0 Å². The molecule has 2 aromatic rings. The monoisotopic (exact) mass is 438 g/mol. The van der Waals surface area contributed by atoms with Gasteiger partial charge in [-0.1, -0.05) is 44.9 Å². The largest absolute Gasteiger partial charge is 0.351 e. The van der Waals surface area contributed by atoms with Crippen molar-refractivity contribution < 1.29 is 14.4 Å². The molecule has 1 unspecified atom stereocenters. The summed E-state index contributed by atoms with van der Waals surface area (Å²) in [6, 6.07) is 7.84. The van der Waals surface area contributed by atoms with Crippen LogP contribution in [0.15, 0.2) is 24.3 Å². The molecule has 1 aromatic carbocycles. The molecule has 0 radical (unpaired) electrons. The molecule has 4 rings (SSSR count). The molecule has 1 aliphatic carbocycles. The molecular weight excluding hydrogens is 404 g/mol. The molecule has 2 N–H and O–H groups in total. The molecule has 7 nitrogen and oxygen atoms in total. The van der Waals surface area contributed by atoms with E-state index in [1.807, 2.05) is 35.8 Å². The van der Waals surface area contributed by atoms with E-state index in [-0.39, 0.29) is 23.8 Å². The van der Waals surface area contributed by atoms with Crippen molar-refractivity contribution in [2.24, 2.45) is 5.92 Å². The summed E-state index contributed by atoms with van der Waals surface area (Å²) < 4.78 is 1.92. The Hall–Kier alpha value is -2.83. The van der Waals surface area contributed by atoms with Crippen molar-refractivity contribution >= 4 is 34.3 Å². The lowest BCUT2D eigenvalue weighted by atomic mass is 9.93. The summed E-state index contributed by atoms with van der Waals surface area (Å²) in [5, 5.41) is 6.92. The van der Waals surface area contributed by atoms with Gasteiger partial charge in [0.25, 0.3) is 5.91 Å². The quantitative estimate of drug-likeness (QED) is 0.717. The summed E-state index contributed by atoms with van der Waals surface area (Å²) in [5.41, 5.74) is 0.835. The third-order valence-electron chi connectivity index (χ3n) is 6.89. The van der Waals surface area contributed by atoms with Gasteiger partial charge in [0, 0.05) is 24.9 Å². The Morgan fingerprint density at radius 2 is 1.88 bits per heavy atom. The van der Waals surface area contributed by atoms with E-state index in [0.717, 1.165) is 43.0 Å². The fraction of sp³-hybridized carbons (Fsp3) is 0.560. The Bertz CT molecular complexity index is 1050. The van der Waals surface area contributed by atoms with E-state index in [0.29, 0.717) is 30.4 Å². The highest BCUT2D eigenvalue weighted by molar-refractivity contribution is 6.14. The van der Waals surface area contributed by atoms with Crippen LogP contribution in [0.2, 0.25) is 0 Å². The number of benzene rings is 1. The molecule has 2 heterocycles. The van der Waals surface area contributed by atoms with E-state index < -0.39 is 5.54 Å². The average Bonchev–Trinajstić information content (AvgIpc) is 3.34. The van der Waals surface area contributed by atoms with Gasteiger partial charge in [-0.25, -0.2) is 0 Å². The van der Waals surface area contributed by atoms with Crippen LogP contribution in [-0.4, -0.2) is 45.3 Å². The zero-order valence-corrected chi connectivity index (χ0v) is 19.5. The molecular formula is C25H34N4O3. The Kier molecular flexibility index (Phi) is 6.01. The van der Waals surface area contributed by atoms with Crippen molar-refractivity contribution in [3.8, 4) is 0 Å². The third kappa shape index (κ3) is 3.89. The second kappa shape index (κ2) is 8.60.